The molecule has 0 aromatic heterocycles. The summed E-state index contributed by atoms with van der Waals surface area (Å²) in [6.07, 6.45) is 2.29. The van der Waals surface area contributed by atoms with Crippen LogP contribution in [0.25, 0.3) is 0 Å². The van der Waals surface area contributed by atoms with E-state index in [1.807, 2.05) is 12.1 Å². The molecule has 0 N–H and O–H groups in total. The maximum Gasteiger partial charge on any atom is 0.106 e. The molecule has 16 heavy (non-hydrogen) atoms. The average Bonchev–Trinajstić information content (AvgIpc) is 2.29. The Balaban J connectivity index is 2.57. The molecule has 1 aromatic rings. The number of halogens is 1. The van der Waals surface area contributed by atoms with Crippen LogP contribution in [0.15, 0.2) is 28.7 Å². The summed E-state index contributed by atoms with van der Waals surface area (Å²) in [5, 5.41) is 0. The van der Waals surface area contributed by atoms with Gasteiger partial charge in [0.1, 0.15) is 6.10 Å². The topological polar surface area (TPSA) is 18.5 Å². The summed E-state index contributed by atoms with van der Waals surface area (Å²) in [5.41, 5.74) is 1.17. The van der Waals surface area contributed by atoms with Gasteiger partial charge in [-0.15, -0.1) is 0 Å². The minimum absolute atomic E-state index is 0.0460. The van der Waals surface area contributed by atoms with Crippen LogP contribution in [0, 0.1) is 0 Å². The van der Waals surface area contributed by atoms with Crippen LogP contribution in [0.3, 0.4) is 0 Å². The number of hydrogen-bond acceptors (Lipinski definition) is 2. The molecule has 0 radical (unpaired) electrons. The molecule has 0 aliphatic heterocycles. The van der Waals surface area contributed by atoms with E-state index in [2.05, 4.69) is 35.0 Å². The molecule has 0 heterocycles. The third-order valence-electron chi connectivity index (χ3n) is 2.38. The lowest BCUT2D eigenvalue weighted by molar-refractivity contribution is -0.00442. The molecule has 1 aromatic carbocycles. The van der Waals surface area contributed by atoms with E-state index in [0.717, 1.165) is 23.9 Å². The van der Waals surface area contributed by atoms with Gasteiger partial charge >= 0.3 is 0 Å². The largest absolute Gasteiger partial charge is 0.382 e. The highest BCUT2D eigenvalue weighted by Crippen LogP contribution is 2.20. The SMILES string of the molecule is CCCCO[C@H](COC)c1ccc(Br)cc1. The van der Waals surface area contributed by atoms with E-state index >= 15 is 0 Å². The third kappa shape index (κ3) is 4.64. The van der Waals surface area contributed by atoms with Crippen molar-refractivity contribution in [1.82, 2.24) is 0 Å². The molecule has 0 amide bonds. The molecule has 0 aliphatic carbocycles. The number of methoxy groups -OCH3 is 1. The number of ether oxygens (including phenoxy) is 2. The summed E-state index contributed by atoms with van der Waals surface area (Å²) in [7, 11) is 1.70. The van der Waals surface area contributed by atoms with Crippen LogP contribution >= 0.6 is 15.9 Å². The molecule has 1 atom stereocenters. The molecule has 0 fully saturated rings. The highest BCUT2D eigenvalue weighted by molar-refractivity contribution is 9.10. The second-order valence-electron chi connectivity index (χ2n) is 3.72. The molecule has 0 unspecified atom stereocenters. The summed E-state index contributed by atoms with van der Waals surface area (Å²) >= 11 is 3.43. The Morgan fingerprint density at radius 2 is 1.94 bits per heavy atom. The van der Waals surface area contributed by atoms with Gasteiger partial charge in [-0.3, -0.25) is 0 Å². The van der Waals surface area contributed by atoms with Crippen molar-refractivity contribution < 1.29 is 9.47 Å². The fourth-order valence-corrected chi connectivity index (χ4v) is 1.70. The minimum Gasteiger partial charge on any atom is -0.382 e. The van der Waals surface area contributed by atoms with E-state index in [4.69, 9.17) is 9.47 Å². The second-order valence-corrected chi connectivity index (χ2v) is 4.64. The first kappa shape index (κ1) is 13.7. The van der Waals surface area contributed by atoms with Crippen molar-refractivity contribution in [2.45, 2.75) is 25.9 Å². The standard InChI is InChI=1S/C13H19BrO2/c1-3-4-9-16-13(10-15-2)11-5-7-12(14)8-6-11/h5-8,13H,3-4,9-10H2,1-2H3/t13-/m1/s1. The summed E-state index contributed by atoms with van der Waals surface area (Å²) in [5.74, 6) is 0. The van der Waals surface area contributed by atoms with E-state index in [9.17, 15) is 0 Å². The fourth-order valence-electron chi connectivity index (χ4n) is 1.44. The summed E-state index contributed by atoms with van der Waals surface area (Å²) in [4.78, 5) is 0. The lowest BCUT2D eigenvalue weighted by Gasteiger charge is -2.17. The predicted molar refractivity (Wildman–Crippen MR) is 69.6 cm³/mol. The maximum atomic E-state index is 5.81. The Hall–Kier alpha value is -0.380. The van der Waals surface area contributed by atoms with Gasteiger partial charge in [0.2, 0.25) is 0 Å². The monoisotopic (exact) mass is 286 g/mol. The Kier molecular flexibility index (Phi) is 6.69. The van der Waals surface area contributed by atoms with Crippen molar-refractivity contribution in [1.29, 1.82) is 0 Å². The second kappa shape index (κ2) is 7.82. The summed E-state index contributed by atoms with van der Waals surface area (Å²) in [6, 6.07) is 8.20. The van der Waals surface area contributed by atoms with Gasteiger partial charge in [-0.05, 0) is 24.1 Å². The van der Waals surface area contributed by atoms with E-state index in [-0.39, 0.29) is 6.10 Å². The van der Waals surface area contributed by atoms with Crippen molar-refractivity contribution in [2.75, 3.05) is 20.3 Å². The van der Waals surface area contributed by atoms with Gasteiger partial charge in [-0.1, -0.05) is 41.4 Å². The lowest BCUT2D eigenvalue weighted by atomic mass is 10.1. The molecular weight excluding hydrogens is 268 g/mol. The Morgan fingerprint density at radius 3 is 2.50 bits per heavy atom. The Labute approximate surface area is 106 Å². The highest BCUT2D eigenvalue weighted by atomic mass is 79.9. The zero-order chi connectivity index (χ0) is 11.8. The van der Waals surface area contributed by atoms with E-state index in [1.165, 1.54) is 5.56 Å². The zero-order valence-corrected chi connectivity index (χ0v) is 11.5. The minimum atomic E-state index is 0.0460. The molecular formula is C13H19BrO2. The van der Waals surface area contributed by atoms with Crippen LogP contribution in [0.5, 0.6) is 0 Å². The van der Waals surface area contributed by atoms with Gasteiger partial charge in [0.25, 0.3) is 0 Å². The van der Waals surface area contributed by atoms with Crippen molar-refractivity contribution >= 4 is 15.9 Å². The van der Waals surface area contributed by atoms with Crippen molar-refractivity contribution in [3.05, 3.63) is 34.3 Å². The first-order chi connectivity index (χ1) is 7.77. The van der Waals surface area contributed by atoms with Gasteiger partial charge in [0, 0.05) is 18.2 Å². The van der Waals surface area contributed by atoms with Crippen LogP contribution in [0.1, 0.15) is 31.4 Å². The molecule has 0 saturated heterocycles. The summed E-state index contributed by atoms with van der Waals surface area (Å²) in [6.45, 7) is 3.56. The number of benzene rings is 1. The lowest BCUT2D eigenvalue weighted by Crippen LogP contribution is -2.11. The van der Waals surface area contributed by atoms with Crippen molar-refractivity contribution in [2.24, 2.45) is 0 Å². The molecule has 0 saturated carbocycles. The molecule has 90 valence electrons. The average molecular weight is 287 g/mol. The fraction of sp³-hybridized carbons (Fsp3) is 0.538. The zero-order valence-electron chi connectivity index (χ0n) is 9.91. The first-order valence-corrected chi connectivity index (χ1v) is 6.43. The molecule has 1 rings (SSSR count). The van der Waals surface area contributed by atoms with E-state index < -0.39 is 0 Å². The Bertz CT molecular complexity index is 284. The summed E-state index contributed by atoms with van der Waals surface area (Å²) < 4.78 is 12.1. The molecule has 0 spiro atoms. The van der Waals surface area contributed by atoms with E-state index in [1.54, 1.807) is 7.11 Å². The maximum absolute atomic E-state index is 5.81. The van der Waals surface area contributed by atoms with Crippen LogP contribution in [-0.4, -0.2) is 20.3 Å². The van der Waals surface area contributed by atoms with Crippen LogP contribution in [0.2, 0.25) is 0 Å². The number of unbranched alkanes of at least 4 members (excludes halogenated alkanes) is 1. The third-order valence-corrected chi connectivity index (χ3v) is 2.91. The highest BCUT2D eigenvalue weighted by Gasteiger charge is 2.11. The quantitative estimate of drug-likeness (QED) is 0.707. The van der Waals surface area contributed by atoms with Crippen LogP contribution < -0.4 is 0 Å². The van der Waals surface area contributed by atoms with Gasteiger partial charge in [0.05, 0.1) is 6.61 Å². The molecule has 0 aliphatic rings. The van der Waals surface area contributed by atoms with Gasteiger partial charge < -0.3 is 9.47 Å². The smallest absolute Gasteiger partial charge is 0.106 e. The molecule has 2 nitrogen and oxygen atoms in total. The first-order valence-electron chi connectivity index (χ1n) is 5.64. The predicted octanol–water partition coefficient (Wildman–Crippen LogP) is 3.95. The number of rotatable bonds is 7. The molecule has 0 bridgehead atoms. The number of hydrogen-bond donors (Lipinski definition) is 0. The van der Waals surface area contributed by atoms with Gasteiger partial charge in [-0.25, -0.2) is 0 Å². The van der Waals surface area contributed by atoms with Gasteiger partial charge in [-0.2, -0.15) is 0 Å². The molecule has 3 heteroatoms. The van der Waals surface area contributed by atoms with Crippen molar-refractivity contribution in [3.8, 4) is 0 Å². The van der Waals surface area contributed by atoms with Gasteiger partial charge in [0.15, 0.2) is 0 Å². The van der Waals surface area contributed by atoms with E-state index in [0.29, 0.717) is 6.61 Å². The van der Waals surface area contributed by atoms with Crippen LogP contribution in [-0.2, 0) is 9.47 Å². The van der Waals surface area contributed by atoms with Crippen molar-refractivity contribution in [3.63, 3.8) is 0 Å². The Morgan fingerprint density at radius 1 is 1.25 bits per heavy atom. The van der Waals surface area contributed by atoms with Crippen LogP contribution in [0.4, 0.5) is 0 Å². The normalized spacial score (nSPS) is 12.7.